The number of para-hydroxylation sites is 1. The normalized spacial score (nSPS) is 21.3. The molecule has 0 radical (unpaired) electrons. The van der Waals surface area contributed by atoms with E-state index in [0.29, 0.717) is 17.1 Å². The van der Waals surface area contributed by atoms with E-state index in [2.05, 4.69) is 41.9 Å². The highest BCUT2D eigenvalue weighted by molar-refractivity contribution is 6.37. The molecule has 0 unspecified atom stereocenters. The maximum absolute atomic E-state index is 13.4. The summed E-state index contributed by atoms with van der Waals surface area (Å²) in [5, 5.41) is 3.59. The lowest BCUT2D eigenvalue weighted by atomic mass is 9.71. The summed E-state index contributed by atoms with van der Waals surface area (Å²) < 4.78 is 4.23. The number of nitrogens with two attached hydrogens (primary N) is 1. The Bertz CT molecular complexity index is 1540. The van der Waals surface area contributed by atoms with Crippen molar-refractivity contribution in [1.29, 1.82) is 0 Å². The molecule has 1 aromatic carbocycles. The molecule has 1 aliphatic carbocycles. The van der Waals surface area contributed by atoms with E-state index in [4.69, 9.17) is 5.73 Å². The van der Waals surface area contributed by atoms with Crippen molar-refractivity contribution in [3.05, 3.63) is 83.3 Å². The van der Waals surface area contributed by atoms with Gasteiger partial charge in [0.2, 0.25) is 0 Å². The Balaban J connectivity index is 1.60. The molecule has 4 aromatic rings. The molecular formula is C29H30N4O2. The molecular weight excluding hydrogens is 436 g/mol. The van der Waals surface area contributed by atoms with E-state index in [0.717, 1.165) is 40.4 Å². The number of amides is 2. The molecule has 0 spiro atoms. The third kappa shape index (κ3) is 3.27. The molecule has 3 atom stereocenters. The summed E-state index contributed by atoms with van der Waals surface area (Å²) in [6, 6.07) is 16.3. The zero-order valence-electron chi connectivity index (χ0n) is 20.3. The fourth-order valence-corrected chi connectivity index (χ4v) is 6.20. The first-order valence-electron chi connectivity index (χ1n) is 12.3. The van der Waals surface area contributed by atoms with Crippen LogP contribution in [0.5, 0.6) is 0 Å². The number of fused-ring (bicyclic) bond motifs is 4. The smallest absolute Gasteiger partial charge is 0.259 e. The summed E-state index contributed by atoms with van der Waals surface area (Å²) in [6.07, 6.45) is 5.65. The van der Waals surface area contributed by atoms with Gasteiger partial charge in [0.15, 0.2) is 0 Å². The van der Waals surface area contributed by atoms with Crippen molar-refractivity contribution >= 4 is 33.8 Å². The van der Waals surface area contributed by atoms with E-state index in [1.54, 1.807) is 0 Å². The number of imide groups is 1. The molecule has 2 amide bonds. The number of aromatic nitrogens is 2. The van der Waals surface area contributed by atoms with Crippen molar-refractivity contribution in [2.75, 3.05) is 0 Å². The Morgan fingerprint density at radius 1 is 1.06 bits per heavy atom. The van der Waals surface area contributed by atoms with Gasteiger partial charge in [-0.1, -0.05) is 38.1 Å². The lowest BCUT2D eigenvalue weighted by molar-refractivity contribution is -0.123. The number of rotatable bonds is 4. The van der Waals surface area contributed by atoms with Crippen LogP contribution in [-0.4, -0.2) is 26.8 Å². The van der Waals surface area contributed by atoms with Crippen molar-refractivity contribution in [3.8, 4) is 0 Å². The first-order chi connectivity index (χ1) is 16.8. The van der Waals surface area contributed by atoms with Crippen LogP contribution in [0.4, 0.5) is 0 Å². The quantitative estimate of drug-likeness (QED) is 0.443. The van der Waals surface area contributed by atoms with Crippen LogP contribution in [-0.2, 0) is 23.1 Å². The molecule has 3 aromatic heterocycles. The number of carbonyl (C=O) groups excluding carboxylic acids is 2. The highest BCUT2D eigenvalue weighted by atomic mass is 16.2. The topological polar surface area (TPSA) is 81.5 Å². The Morgan fingerprint density at radius 3 is 2.63 bits per heavy atom. The largest absolute Gasteiger partial charge is 0.350 e. The Labute approximate surface area is 204 Å². The zero-order chi connectivity index (χ0) is 24.4. The Kier molecular flexibility index (Phi) is 4.97. The summed E-state index contributed by atoms with van der Waals surface area (Å²) in [5.41, 5.74) is 13.0. The average Bonchev–Trinajstić information content (AvgIpc) is 3.48. The lowest BCUT2D eigenvalue weighted by Crippen LogP contribution is -2.40. The molecule has 1 aliphatic heterocycles. The molecule has 6 rings (SSSR count). The van der Waals surface area contributed by atoms with Crippen molar-refractivity contribution in [2.24, 2.45) is 24.6 Å². The van der Waals surface area contributed by atoms with Gasteiger partial charge < -0.3 is 14.7 Å². The minimum absolute atomic E-state index is 0.00156. The van der Waals surface area contributed by atoms with Gasteiger partial charge in [0.05, 0.1) is 5.57 Å². The Morgan fingerprint density at radius 2 is 1.83 bits per heavy atom. The van der Waals surface area contributed by atoms with E-state index in [1.807, 2.05) is 54.2 Å². The first kappa shape index (κ1) is 21.9. The average molecular weight is 467 g/mol. The standard InChI is InChI=1S/C29H30N4O2/c1-16(2)27(30)17-12-21(20-14-18-8-6-7-11-33(18)24(20)13-17)25-26(29(35)31-28(25)34)22-15-32(3)23-10-5-4-9-19(22)23/h4-11,14-17,21,27H,12-13,30H2,1-3H3,(H,31,34,35)/t17-,21-,27-/m0/s1. The number of nitrogens with zero attached hydrogens (tertiary/aromatic N) is 2. The molecule has 4 heterocycles. The number of hydrogen-bond donors (Lipinski definition) is 2. The summed E-state index contributed by atoms with van der Waals surface area (Å²) in [6.45, 7) is 4.30. The number of pyridine rings is 1. The number of hydrogen-bond acceptors (Lipinski definition) is 3. The van der Waals surface area contributed by atoms with Crippen molar-refractivity contribution in [1.82, 2.24) is 14.3 Å². The van der Waals surface area contributed by atoms with Gasteiger partial charge in [0, 0.05) is 64.7 Å². The van der Waals surface area contributed by atoms with Gasteiger partial charge in [-0.3, -0.25) is 14.9 Å². The number of nitrogens with one attached hydrogen (secondary N) is 1. The predicted octanol–water partition coefficient (Wildman–Crippen LogP) is 4.17. The van der Waals surface area contributed by atoms with Crippen LogP contribution in [0.3, 0.4) is 0 Å². The molecule has 3 N–H and O–H groups in total. The maximum Gasteiger partial charge on any atom is 0.259 e. The maximum atomic E-state index is 13.4. The second-order valence-corrected chi connectivity index (χ2v) is 10.4. The minimum Gasteiger partial charge on any atom is -0.350 e. The van der Waals surface area contributed by atoms with Crippen LogP contribution in [0.2, 0.25) is 0 Å². The van der Waals surface area contributed by atoms with Crippen molar-refractivity contribution < 1.29 is 9.59 Å². The van der Waals surface area contributed by atoms with Gasteiger partial charge in [0.25, 0.3) is 11.8 Å². The fraction of sp³-hybridized carbons (Fsp3) is 0.310. The van der Waals surface area contributed by atoms with Crippen LogP contribution < -0.4 is 11.1 Å². The number of benzene rings is 1. The van der Waals surface area contributed by atoms with E-state index in [-0.39, 0.29) is 29.7 Å². The second-order valence-electron chi connectivity index (χ2n) is 10.4. The summed E-state index contributed by atoms with van der Waals surface area (Å²) in [5.74, 6) is -0.284. The monoisotopic (exact) mass is 466 g/mol. The van der Waals surface area contributed by atoms with Crippen LogP contribution in [0.25, 0.3) is 22.0 Å². The summed E-state index contributed by atoms with van der Waals surface area (Å²) in [7, 11) is 1.97. The molecule has 6 nitrogen and oxygen atoms in total. The van der Waals surface area contributed by atoms with E-state index in [1.165, 1.54) is 5.69 Å². The van der Waals surface area contributed by atoms with Crippen molar-refractivity contribution in [3.63, 3.8) is 0 Å². The second kappa shape index (κ2) is 7.95. The van der Waals surface area contributed by atoms with Gasteiger partial charge in [-0.2, -0.15) is 0 Å². The van der Waals surface area contributed by atoms with Gasteiger partial charge >= 0.3 is 0 Å². The van der Waals surface area contributed by atoms with Gasteiger partial charge in [0.1, 0.15) is 0 Å². The van der Waals surface area contributed by atoms with E-state index in [9.17, 15) is 9.59 Å². The number of aryl methyl sites for hydroxylation is 1. The first-order valence-corrected chi connectivity index (χ1v) is 12.3. The molecule has 0 saturated heterocycles. The van der Waals surface area contributed by atoms with Gasteiger partial charge in [-0.15, -0.1) is 0 Å². The van der Waals surface area contributed by atoms with E-state index < -0.39 is 0 Å². The Hall–Kier alpha value is -3.64. The van der Waals surface area contributed by atoms with Crippen LogP contribution >= 0.6 is 0 Å². The summed E-state index contributed by atoms with van der Waals surface area (Å²) in [4.78, 5) is 26.7. The molecule has 178 valence electrons. The lowest BCUT2D eigenvalue weighted by Gasteiger charge is -2.35. The SMILES string of the molecule is CC(C)[C@H](N)[C@@H]1Cc2c(cc3ccccn23)[C@@H](C2=C(c3cn(C)c4ccccc34)C(=O)NC2=O)C1. The molecule has 0 fully saturated rings. The summed E-state index contributed by atoms with van der Waals surface area (Å²) >= 11 is 0. The third-order valence-corrected chi connectivity index (χ3v) is 7.99. The van der Waals surface area contributed by atoms with Crippen LogP contribution in [0.1, 0.15) is 43.0 Å². The molecule has 0 bridgehead atoms. The molecule has 2 aliphatic rings. The molecule has 0 saturated carbocycles. The van der Waals surface area contributed by atoms with Crippen LogP contribution in [0.15, 0.2) is 66.5 Å². The fourth-order valence-electron chi connectivity index (χ4n) is 6.20. The zero-order valence-corrected chi connectivity index (χ0v) is 20.3. The third-order valence-electron chi connectivity index (χ3n) is 7.99. The predicted molar refractivity (Wildman–Crippen MR) is 138 cm³/mol. The highest BCUT2D eigenvalue weighted by Crippen LogP contribution is 2.46. The highest BCUT2D eigenvalue weighted by Gasteiger charge is 2.43. The van der Waals surface area contributed by atoms with Gasteiger partial charge in [-0.05, 0) is 54.5 Å². The van der Waals surface area contributed by atoms with Crippen LogP contribution in [0, 0.1) is 11.8 Å². The molecule has 35 heavy (non-hydrogen) atoms. The molecule has 6 heteroatoms. The number of carbonyl (C=O) groups is 2. The minimum atomic E-state index is -0.318. The van der Waals surface area contributed by atoms with E-state index >= 15 is 0 Å². The van der Waals surface area contributed by atoms with Crippen molar-refractivity contribution in [2.45, 2.75) is 38.6 Å². The van der Waals surface area contributed by atoms with Gasteiger partial charge in [-0.25, -0.2) is 0 Å².